The number of carbonyl (C=O) groups is 1. The number of para-hydroxylation sites is 2. The molecule has 304 valence electrons. The largest absolute Gasteiger partial charge is 0.573 e. The summed E-state index contributed by atoms with van der Waals surface area (Å²) in [4.78, 5) is 23.0. The molecule has 0 saturated carbocycles. The average Bonchev–Trinajstić information content (AvgIpc) is 3.85. The van der Waals surface area contributed by atoms with Crippen LogP contribution < -0.4 is 20.1 Å². The lowest BCUT2D eigenvalue weighted by Gasteiger charge is -2.35. The molecule has 2 aromatic heterocycles. The molecule has 0 saturated heterocycles. The lowest BCUT2D eigenvalue weighted by Crippen LogP contribution is -2.34. The first-order valence-corrected chi connectivity index (χ1v) is 18.9. The quantitative estimate of drug-likeness (QED) is 0.0821. The molecule has 60 heavy (non-hydrogen) atoms. The zero-order chi connectivity index (χ0) is 41.9. The van der Waals surface area contributed by atoms with Gasteiger partial charge in [0.2, 0.25) is 0 Å². The van der Waals surface area contributed by atoms with Crippen molar-refractivity contribution in [2.24, 2.45) is 0 Å². The zero-order valence-electron chi connectivity index (χ0n) is 31.5. The Bertz CT molecular complexity index is 2530. The zero-order valence-corrected chi connectivity index (χ0v) is 31.5. The molecule has 0 fully saturated rings. The van der Waals surface area contributed by atoms with Gasteiger partial charge in [0.25, 0.3) is 0 Å². The molecule has 8 rings (SSSR count). The van der Waals surface area contributed by atoms with Gasteiger partial charge < -0.3 is 30.1 Å². The summed E-state index contributed by atoms with van der Waals surface area (Å²) in [5.74, 6) is -3.31. The van der Waals surface area contributed by atoms with Crippen molar-refractivity contribution in [3.05, 3.63) is 192 Å². The maximum atomic E-state index is 16.4. The highest BCUT2D eigenvalue weighted by molar-refractivity contribution is 6.01. The number of anilines is 2. The summed E-state index contributed by atoms with van der Waals surface area (Å²) in [6.07, 6.45) is -6.35. The second kappa shape index (κ2) is 16.6. The minimum Gasteiger partial charge on any atom is -0.406 e. The Morgan fingerprint density at radius 3 is 1.27 bits per heavy atom. The van der Waals surface area contributed by atoms with Gasteiger partial charge in [-0.05, 0) is 58.7 Å². The smallest absolute Gasteiger partial charge is 0.406 e. The highest BCUT2D eigenvalue weighted by Crippen LogP contribution is 2.47. The number of ketones is 1. The van der Waals surface area contributed by atoms with Crippen molar-refractivity contribution in [1.29, 1.82) is 0 Å². The Labute approximate surface area is 340 Å². The van der Waals surface area contributed by atoms with Gasteiger partial charge in [-0.3, -0.25) is 4.79 Å². The molecule has 0 bridgehead atoms. The first-order chi connectivity index (χ1) is 28.9. The summed E-state index contributed by atoms with van der Waals surface area (Å²) in [5.41, 5.74) is 4.54. The molecule has 0 aliphatic heterocycles. The molecule has 4 atom stereocenters. The van der Waals surface area contributed by atoms with Crippen LogP contribution >= 0.6 is 0 Å². The van der Waals surface area contributed by atoms with E-state index in [4.69, 9.17) is 0 Å². The normalized spacial score (nSPS) is 14.0. The number of H-pyrrole nitrogens is 2. The van der Waals surface area contributed by atoms with Crippen molar-refractivity contribution < 1.29 is 40.6 Å². The van der Waals surface area contributed by atoms with Gasteiger partial charge in [-0.1, -0.05) is 109 Å². The molecular formula is C47H36F6N4O3. The van der Waals surface area contributed by atoms with Crippen LogP contribution in [0.2, 0.25) is 0 Å². The first-order valence-electron chi connectivity index (χ1n) is 18.9. The van der Waals surface area contributed by atoms with Gasteiger partial charge in [-0.25, -0.2) is 0 Å². The van der Waals surface area contributed by atoms with Crippen molar-refractivity contribution >= 4 is 39.0 Å². The highest BCUT2D eigenvalue weighted by Gasteiger charge is 2.42. The molecule has 4 unspecified atom stereocenters. The van der Waals surface area contributed by atoms with E-state index in [2.05, 4.69) is 30.1 Å². The minimum atomic E-state index is -4.94. The maximum Gasteiger partial charge on any atom is 0.573 e. The lowest BCUT2D eigenvalue weighted by molar-refractivity contribution is -0.275. The predicted octanol–water partition coefficient (Wildman–Crippen LogP) is 12.6. The number of benzene rings is 6. The molecule has 8 aromatic rings. The van der Waals surface area contributed by atoms with Gasteiger partial charge in [-0.2, -0.15) is 0 Å². The second-order valence-corrected chi connectivity index (χ2v) is 14.2. The van der Waals surface area contributed by atoms with E-state index >= 15 is 4.79 Å². The summed E-state index contributed by atoms with van der Waals surface area (Å²) in [7, 11) is 0. The molecule has 0 amide bonds. The van der Waals surface area contributed by atoms with Crippen molar-refractivity contribution in [3.8, 4) is 11.5 Å². The molecule has 4 N–H and O–H groups in total. The van der Waals surface area contributed by atoms with E-state index in [-0.39, 0.29) is 17.2 Å². The fraction of sp³-hybridized carbons (Fsp3) is 0.128. The van der Waals surface area contributed by atoms with Crippen LogP contribution in [0.15, 0.2) is 170 Å². The van der Waals surface area contributed by atoms with Crippen LogP contribution in [0.3, 0.4) is 0 Å². The minimum absolute atomic E-state index is 0.256. The van der Waals surface area contributed by atoms with Crippen molar-refractivity contribution in [3.63, 3.8) is 0 Å². The molecule has 0 radical (unpaired) electrons. The Hall–Kier alpha value is -7.15. The summed E-state index contributed by atoms with van der Waals surface area (Å²) in [6.45, 7) is 0. The molecule has 13 heteroatoms. The predicted molar refractivity (Wildman–Crippen MR) is 219 cm³/mol. The number of Topliss-reactive ketones (excluding diaryl/α,β-unsaturated/α-hetero) is 1. The van der Waals surface area contributed by atoms with E-state index in [1.807, 2.05) is 109 Å². The number of hydrogen-bond donors (Lipinski definition) is 4. The van der Waals surface area contributed by atoms with E-state index in [0.717, 1.165) is 21.8 Å². The third kappa shape index (κ3) is 8.95. The number of aromatic amines is 2. The van der Waals surface area contributed by atoms with Crippen LogP contribution in [0.5, 0.6) is 11.5 Å². The summed E-state index contributed by atoms with van der Waals surface area (Å²) >= 11 is 0. The number of rotatable bonds is 14. The molecule has 7 nitrogen and oxygen atoms in total. The molecule has 6 aromatic carbocycles. The van der Waals surface area contributed by atoms with Crippen LogP contribution in [0.1, 0.15) is 46.2 Å². The van der Waals surface area contributed by atoms with E-state index < -0.39 is 48.1 Å². The fourth-order valence-electron chi connectivity index (χ4n) is 7.85. The second-order valence-electron chi connectivity index (χ2n) is 14.2. The third-order valence-electron chi connectivity index (χ3n) is 10.3. The van der Waals surface area contributed by atoms with Gasteiger partial charge in [0.05, 0.1) is 23.9 Å². The Morgan fingerprint density at radius 2 is 0.867 bits per heavy atom. The molecule has 2 heterocycles. The van der Waals surface area contributed by atoms with Crippen molar-refractivity contribution in [2.75, 3.05) is 10.6 Å². The number of carbonyl (C=O) groups excluding carboxylic acids is 1. The van der Waals surface area contributed by atoms with Gasteiger partial charge in [-0.15, -0.1) is 26.3 Å². The number of ether oxygens (including phenoxy) is 2. The van der Waals surface area contributed by atoms with Crippen LogP contribution in [-0.4, -0.2) is 28.5 Å². The highest BCUT2D eigenvalue weighted by atomic mass is 19.4. The number of halogens is 6. The van der Waals surface area contributed by atoms with Gasteiger partial charge in [0.1, 0.15) is 11.5 Å². The number of hydrogen-bond acceptors (Lipinski definition) is 5. The monoisotopic (exact) mass is 818 g/mol. The molecule has 0 spiro atoms. The standard InChI is InChI=1S/C47H36F6N4O3/c48-46(49,50)59-33-19-11-17-31(25-33)56-43(29-13-3-1-4-14-29)41(37-27-54-39-23-9-7-21-35(37)39)45(58)42(38-28-55-40-24-10-8-22-36(38)40)44(30-15-5-2-6-16-30)57-32-18-12-20-34(26-32)60-47(51,52)53/h1-28,41-44,54-57H. The third-order valence-corrected chi connectivity index (χ3v) is 10.3. The summed E-state index contributed by atoms with van der Waals surface area (Å²) in [6, 6.07) is 42.3. The maximum absolute atomic E-state index is 16.4. The Balaban J connectivity index is 1.35. The van der Waals surface area contributed by atoms with Crippen LogP contribution in [0, 0.1) is 0 Å². The van der Waals surface area contributed by atoms with Crippen molar-refractivity contribution in [1.82, 2.24) is 9.97 Å². The van der Waals surface area contributed by atoms with Crippen LogP contribution in [0.25, 0.3) is 21.8 Å². The van der Waals surface area contributed by atoms with Crippen LogP contribution in [-0.2, 0) is 4.79 Å². The van der Waals surface area contributed by atoms with Gasteiger partial charge >= 0.3 is 12.7 Å². The van der Waals surface area contributed by atoms with Crippen LogP contribution in [0.4, 0.5) is 37.7 Å². The van der Waals surface area contributed by atoms with Crippen molar-refractivity contribution in [2.45, 2.75) is 36.6 Å². The molecular weight excluding hydrogens is 783 g/mol. The summed E-state index contributed by atoms with van der Waals surface area (Å²) in [5, 5.41) is 8.32. The molecule has 0 aliphatic carbocycles. The fourth-order valence-corrected chi connectivity index (χ4v) is 7.85. The number of alkyl halides is 6. The van der Waals surface area contributed by atoms with E-state index in [0.29, 0.717) is 22.3 Å². The number of fused-ring (bicyclic) bond motifs is 2. The number of nitrogens with one attached hydrogen (secondary N) is 4. The van der Waals surface area contributed by atoms with E-state index in [1.54, 1.807) is 24.5 Å². The summed E-state index contributed by atoms with van der Waals surface area (Å²) < 4.78 is 89.0. The Kier molecular flexibility index (Phi) is 11.0. The lowest BCUT2D eigenvalue weighted by atomic mass is 9.73. The molecule has 0 aliphatic rings. The topological polar surface area (TPSA) is 91.2 Å². The van der Waals surface area contributed by atoms with Gasteiger partial charge in [0.15, 0.2) is 5.78 Å². The number of aromatic nitrogens is 2. The Morgan fingerprint density at radius 1 is 0.483 bits per heavy atom. The SMILES string of the molecule is O=C(C(c1c[nH]c2ccccc12)C(Nc1cccc(OC(F)(F)F)c1)c1ccccc1)C(c1c[nH]c2ccccc12)C(Nc1cccc(OC(F)(F)F)c1)c1ccccc1. The van der Waals surface area contributed by atoms with Gasteiger partial charge in [0, 0.05) is 57.7 Å². The van der Waals surface area contributed by atoms with E-state index in [9.17, 15) is 26.3 Å². The van der Waals surface area contributed by atoms with E-state index in [1.165, 1.54) is 36.4 Å². The first kappa shape index (κ1) is 39.7. The average molecular weight is 819 g/mol.